The van der Waals surface area contributed by atoms with Crippen LogP contribution in [0, 0.1) is 11.8 Å². The van der Waals surface area contributed by atoms with Crippen LogP contribution in [0.15, 0.2) is 127 Å². The van der Waals surface area contributed by atoms with Crippen molar-refractivity contribution in [2.75, 3.05) is 69.4 Å². The number of esters is 1. The van der Waals surface area contributed by atoms with Gasteiger partial charge in [-0.3, -0.25) is 53.3 Å². The van der Waals surface area contributed by atoms with Crippen molar-refractivity contribution in [1.29, 1.82) is 0 Å². The molecule has 34 nitrogen and oxygen atoms in total. The largest absolute Gasteiger partial charge is 0.495 e. The summed E-state index contributed by atoms with van der Waals surface area (Å²) in [6, 6.07) is 15.1. The fourth-order valence-corrected chi connectivity index (χ4v) is 19.6. The third-order valence-corrected chi connectivity index (χ3v) is 27.9. The van der Waals surface area contributed by atoms with E-state index in [1.165, 1.54) is 80.5 Å². The number of aliphatic hydroxyl groups excluding tert-OH is 3. The average Bonchev–Trinajstić information content (AvgIpc) is 0.831. The van der Waals surface area contributed by atoms with Crippen molar-refractivity contribution in [2.24, 2.45) is 17.6 Å². The molecule has 10 rings (SSSR count). The van der Waals surface area contributed by atoms with Crippen molar-refractivity contribution in [2.45, 2.75) is 209 Å². The molecule has 6 heterocycles. The van der Waals surface area contributed by atoms with Crippen LogP contribution in [0.25, 0.3) is 10.9 Å². The van der Waals surface area contributed by atoms with Gasteiger partial charge in [0.25, 0.3) is 0 Å². The van der Waals surface area contributed by atoms with Gasteiger partial charge in [-0.25, -0.2) is 9.59 Å². The molecule has 0 radical (unpaired) electrons. The first-order chi connectivity index (χ1) is 60.1. The number of allylic oxidation sites excluding steroid dienone is 3. The Hall–Kier alpha value is -9.45. The van der Waals surface area contributed by atoms with Crippen LogP contribution in [0.2, 0.25) is 5.02 Å². The molecule has 0 spiro atoms. The molecule has 1 aromatic heterocycles. The van der Waals surface area contributed by atoms with Gasteiger partial charge in [0.15, 0.2) is 5.72 Å². The molecule has 3 fully saturated rings. The van der Waals surface area contributed by atoms with Crippen molar-refractivity contribution >= 4 is 143 Å². The highest BCUT2D eigenvalue weighted by atomic mass is 35.5. The number of aliphatic hydroxyl groups is 4. The molecule has 3 saturated heterocycles. The highest BCUT2D eigenvalue weighted by Crippen LogP contribution is 2.49. The number of aromatic amines is 1. The first-order valence-electron chi connectivity index (χ1n) is 41.7. The monoisotopic (exact) mass is 1840 g/mol. The molecule has 5 aromatic rings. The quantitative estimate of drug-likeness (QED) is 0.0174. The summed E-state index contributed by atoms with van der Waals surface area (Å²) in [5, 5.41) is 68.9. The number of nitrogens with zero attached hydrogens (tertiary/aromatic N) is 2. The predicted octanol–water partition coefficient (Wildman–Crippen LogP) is 4.25. The van der Waals surface area contributed by atoms with Crippen LogP contribution in [-0.2, 0) is 97.4 Å². The Morgan fingerprint density at radius 2 is 1.44 bits per heavy atom. The van der Waals surface area contributed by atoms with E-state index in [4.69, 9.17) is 41.0 Å². The lowest BCUT2D eigenvalue weighted by Gasteiger charge is -2.55. The number of aromatic nitrogens is 1. The summed E-state index contributed by atoms with van der Waals surface area (Å²) >= 11 is 6.90. The molecule has 4 aromatic carbocycles. The zero-order chi connectivity index (χ0) is 91.7. The summed E-state index contributed by atoms with van der Waals surface area (Å²) in [6.45, 7) is 8.85. The molecule has 5 aliphatic rings. The Morgan fingerprint density at radius 1 is 0.794 bits per heavy atom. The number of amides is 11. The van der Waals surface area contributed by atoms with E-state index in [1.54, 1.807) is 111 Å². The standard InChI is InChI=1S/C87H116ClN13O21S4/c1-48-22-21-30-70(119-10)86(117)42-69(120-85(116)99-86)49(2)76-50(3)87(121-76,43-73(107)101(8)67-39-56(36-48)40-68(118-9)74(67)88)122-84(115)51(4)100(7)72(106)32-35-124-123-34-31-71(105)91-61(37-54-23-13-11-14-24-54)78(109)96-65-46-125-126-47-66(82(113)95-64(45-102)52(5)103)97-83(114)75(53(6)104)98-77(108)60(29-19-20-33-89)92-80(111)63(41-57-44-90-59-28-18-17-27-58(57)59)94-79(110)62(93-81(65)112)38-55-25-15-12-16-26-55/h11-18,21-28,30,39-40,44,49-53,60-66,69-70,75-76,90,102-104,117H,19-20,29,31-38,41-43,45-47,89H2,1-10H3,(H,91,105)(H,92,111)(H,93,112)(H,94,110)(H,95,113)(H,96,109)(H,97,114)(H,98,108)(H,99,116)/b30-21+,48-22+/t49-,50+,51+,52-,53-,60+,61-,62+,63-,64-,65+,66+,69+,70-,75+,76+,86+,87-/m1/s1. The molecule has 686 valence electrons. The summed E-state index contributed by atoms with van der Waals surface area (Å²) in [7, 11) is 10.2. The topological polar surface area (TPSA) is 488 Å². The van der Waals surface area contributed by atoms with Gasteiger partial charge < -0.3 is 107 Å². The summed E-state index contributed by atoms with van der Waals surface area (Å²) in [5.74, 6) is -12.2. The van der Waals surface area contributed by atoms with Gasteiger partial charge >= 0.3 is 12.1 Å². The van der Waals surface area contributed by atoms with E-state index in [-0.39, 0.29) is 85.3 Å². The van der Waals surface area contributed by atoms with E-state index in [1.807, 2.05) is 31.2 Å². The first-order valence-corrected chi connectivity index (χ1v) is 47.0. The maximum absolute atomic E-state index is 15.3. The van der Waals surface area contributed by atoms with Crippen LogP contribution in [0.1, 0.15) is 109 Å². The van der Waals surface area contributed by atoms with Crippen molar-refractivity contribution in [3.05, 3.63) is 154 Å². The average molecular weight is 1840 g/mol. The number of ether oxygens (including phenoxy) is 5. The smallest absolute Gasteiger partial charge is 0.409 e. The number of hydrogen-bond donors (Lipinski definition) is 15. The molecule has 11 amide bonds. The number of hydrogen-bond acceptors (Lipinski definition) is 26. The predicted molar refractivity (Wildman–Crippen MR) is 481 cm³/mol. The fourth-order valence-electron chi connectivity index (χ4n) is 15.0. The Morgan fingerprint density at radius 3 is 2.10 bits per heavy atom. The fraction of sp³-hybridized carbons (Fsp3) is 0.517. The zero-order valence-electron chi connectivity index (χ0n) is 72.0. The lowest BCUT2D eigenvalue weighted by molar-refractivity contribution is -0.377. The van der Waals surface area contributed by atoms with Gasteiger partial charge in [-0.05, 0) is 100 Å². The normalized spacial score (nSPS) is 26.3. The van der Waals surface area contributed by atoms with Gasteiger partial charge in [0.05, 0.1) is 50.2 Å². The summed E-state index contributed by atoms with van der Waals surface area (Å²) in [4.78, 5) is 180. The third-order valence-electron chi connectivity index (χ3n) is 22.7. The van der Waals surface area contributed by atoms with Crippen molar-refractivity contribution in [3.8, 4) is 5.75 Å². The number of H-pyrrole nitrogens is 1. The number of methoxy groups -OCH3 is 2. The number of benzene rings is 4. The van der Waals surface area contributed by atoms with Crippen molar-refractivity contribution in [3.63, 3.8) is 0 Å². The molecule has 16 N–H and O–H groups in total. The van der Waals surface area contributed by atoms with Crippen LogP contribution in [0.5, 0.6) is 5.75 Å². The molecule has 6 bridgehead atoms. The highest BCUT2D eigenvalue weighted by Gasteiger charge is 2.62. The van der Waals surface area contributed by atoms with E-state index >= 15 is 19.2 Å². The van der Waals surface area contributed by atoms with Crippen LogP contribution in [0.4, 0.5) is 10.5 Å². The first kappa shape index (κ1) is 100. The van der Waals surface area contributed by atoms with Crippen LogP contribution in [-0.4, -0.2) is 262 Å². The molecule has 0 saturated carbocycles. The maximum atomic E-state index is 15.3. The van der Waals surface area contributed by atoms with Gasteiger partial charge in [-0.1, -0.05) is 171 Å². The molecule has 39 heteroatoms. The molecular weight excluding hydrogens is 1730 g/mol. The number of carbonyl (C=O) groups is 12. The minimum Gasteiger partial charge on any atom is -0.495 e. The Labute approximate surface area is 752 Å². The van der Waals surface area contributed by atoms with Gasteiger partial charge in [-0.15, -0.1) is 0 Å². The van der Waals surface area contributed by atoms with E-state index in [9.17, 15) is 58.8 Å². The number of alkyl carbamates (subject to hydrolysis) is 1. The summed E-state index contributed by atoms with van der Waals surface area (Å²) in [6.07, 6.45) is -0.112. The SMILES string of the molecule is COc1cc2cc(c1Cl)N(C)C(=O)C[C@]1(OC(=O)[C@H](C)N(C)C(=O)CCSSCCC(=O)N[C@H](Cc3ccccc3)C(=O)N[C@H]3CSSC[C@@H](C(=O)N[C@H](CO)[C@@H](C)O)NC(=O)[C@H]([C@@H](C)O)NC(=O)[C@H](CCCCN)NC(=O)[C@@H](Cc4c[nH]c5ccccc45)NC(=O)[C@H](Cc4ccccc4)NC3=O)O[C@@H]([C@H](C)[C@@H]3C[C@@](O)(NC(=O)O3)[C@H](OC)/C=C/C=C(\C)C2)[C@@H]1C. The highest BCUT2D eigenvalue weighted by molar-refractivity contribution is 8.77. The van der Waals surface area contributed by atoms with E-state index < -0.39 is 192 Å². The Bertz CT molecular complexity index is 4690. The number of halogens is 1. The number of para-hydroxylation sites is 1. The number of unbranched alkanes of at least 4 members (excludes halogenated alkanes) is 1. The molecule has 0 aliphatic carbocycles. The van der Waals surface area contributed by atoms with Gasteiger partial charge in [0.2, 0.25) is 64.9 Å². The molecule has 5 aliphatic heterocycles. The number of fused-ring (bicyclic) bond motifs is 6. The molecular formula is C87H116ClN13O21S4. The molecule has 0 unspecified atom stereocenters. The number of rotatable bonds is 30. The van der Waals surface area contributed by atoms with Crippen molar-refractivity contribution < 1.29 is 102 Å². The van der Waals surface area contributed by atoms with Crippen molar-refractivity contribution in [1.82, 2.24) is 57.7 Å². The van der Waals surface area contributed by atoms with Gasteiger partial charge in [-0.2, -0.15) is 0 Å². The van der Waals surface area contributed by atoms with Gasteiger partial charge in [0.1, 0.15) is 71.3 Å². The van der Waals surface area contributed by atoms with E-state index in [0.717, 1.165) is 32.7 Å². The summed E-state index contributed by atoms with van der Waals surface area (Å²) in [5.41, 5.74) is 8.29. The lowest BCUT2D eigenvalue weighted by Crippen LogP contribution is -2.68. The second-order valence-electron chi connectivity index (χ2n) is 32.0. The van der Waals surface area contributed by atoms with E-state index in [2.05, 4.69) is 52.8 Å². The maximum Gasteiger partial charge on any atom is 0.409 e. The Kier molecular flexibility index (Phi) is 37.9. The van der Waals surface area contributed by atoms with Crippen LogP contribution in [0.3, 0.4) is 0 Å². The number of nitrogens with one attached hydrogen (secondary N) is 10. The number of nitrogens with two attached hydrogens (primary N) is 1. The van der Waals surface area contributed by atoms with Crippen LogP contribution < -0.4 is 63.2 Å². The molecule has 126 heavy (non-hydrogen) atoms. The van der Waals surface area contributed by atoms with Crippen LogP contribution >= 0.6 is 54.8 Å². The Balaban J connectivity index is 0.903. The zero-order valence-corrected chi connectivity index (χ0v) is 76.0. The lowest BCUT2D eigenvalue weighted by atomic mass is 9.75. The summed E-state index contributed by atoms with van der Waals surface area (Å²) < 4.78 is 29.9. The third kappa shape index (κ3) is 27.3. The second kappa shape index (κ2) is 47.6. The van der Waals surface area contributed by atoms with E-state index in [0.29, 0.717) is 52.5 Å². The van der Waals surface area contributed by atoms with Gasteiger partial charge in [0, 0.05) is 112 Å². The minimum absolute atomic E-state index is 0.0325. The number of anilines is 1. The second-order valence-corrected chi connectivity index (χ2v) is 37.6. The minimum atomic E-state index is -1.94. The number of carbonyl (C=O) groups excluding carboxylic acids is 12. The molecule has 18 atom stereocenters. The number of likely N-dealkylation sites (N-methyl/N-ethyl adjacent to an activating group) is 1.